The van der Waals surface area contributed by atoms with Gasteiger partial charge in [-0.1, -0.05) is 90.5 Å². The van der Waals surface area contributed by atoms with Crippen LogP contribution in [0, 0.1) is 0 Å². The number of rotatable bonds is 12. The van der Waals surface area contributed by atoms with Crippen LogP contribution in [0.5, 0.6) is 5.75 Å². The molecule has 2 amide bonds. The van der Waals surface area contributed by atoms with Gasteiger partial charge in [0.2, 0.25) is 5.91 Å². The van der Waals surface area contributed by atoms with Crippen molar-refractivity contribution < 1.29 is 14.3 Å². The molecule has 2 heterocycles. The Morgan fingerprint density at radius 2 is 1.59 bits per heavy atom. The summed E-state index contributed by atoms with van der Waals surface area (Å²) < 4.78 is 6.08. The molecule has 1 aliphatic heterocycles. The Balaban J connectivity index is 1.18. The number of hydrogen-bond donors (Lipinski definition) is 4. The summed E-state index contributed by atoms with van der Waals surface area (Å²) in [6, 6.07) is 30.7. The molecule has 0 spiro atoms. The number of nitrogens with two attached hydrogens (primary N) is 1. The number of para-hydroxylation sites is 1. The van der Waals surface area contributed by atoms with Crippen molar-refractivity contribution in [3.05, 3.63) is 154 Å². The molecule has 2 unspecified atom stereocenters. The van der Waals surface area contributed by atoms with Crippen LogP contribution in [-0.2, 0) is 24.1 Å². The number of nitrogens with one attached hydrogen (secondary N) is 3. The normalized spacial score (nSPS) is 15.3. The number of fused-ring (bicyclic) bond motifs is 1. The molecule has 1 aliphatic rings. The Hall–Kier alpha value is -4.92. The van der Waals surface area contributed by atoms with Crippen LogP contribution in [0.3, 0.4) is 0 Å². The van der Waals surface area contributed by atoms with Gasteiger partial charge < -0.3 is 20.8 Å². The van der Waals surface area contributed by atoms with Gasteiger partial charge in [0.1, 0.15) is 17.6 Å². The standard InChI is InChI=1S/C37H36ClN5O3/c38-28-15-13-27(14-16-28)22-32(35(39)44)43-37(45)30-8-4-7-29-31(17-20-46-34(29)30)42-33(36-40-18-19-41-36)23-26-11-9-25(10-12-26)21-24-5-2-1-3-6-24/h1-16,18-19,31-33,42H,17,20-23H2,(H2,39,44)(H,40,41)(H,43,45)/t31?,32-,33?/m0/s1. The number of halogens is 1. The quantitative estimate of drug-likeness (QED) is 0.137. The van der Waals surface area contributed by atoms with Crippen LogP contribution >= 0.6 is 11.6 Å². The first-order valence-corrected chi connectivity index (χ1v) is 15.8. The van der Waals surface area contributed by atoms with Crippen LogP contribution in [0.25, 0.3) is 0 Å². The van der Waals surface area contributed by atoms with Crippen molar-refractivity contribution in [2.24, 2.45) is 5.73 Å². The van der Waals surface area contributed by atoms with Crippen LogP contribution in [0.15, 0.2) is 109 Å². The number of hydrogen-bond acceptors (Lipinski definition) is 5. The van der Waals surface area contributed by atoms with Crippen LogP contribution in [0.1, 0.15) is 62.5 Å². The third-order valence-electron chi connectivity index (χ3n) is 8.29. The maximum Gasteiger partial charge on any atom is 0.255 e. The number of carbonyl (C=O) groups excluding carboxylic acids is 2. The average molecular weight is 634 g/mol. The summed E-state index contributed by atoms with van der Waals surface area (Å²) in [5.41, 5.74) is 11.5. The molecule has 0 fully saturated rings. The van der Waals surface area contributed by atoms with E-state index in [1.165, 1.54) is 16.7 Å². The molecule has 234 valence electrons. The van der Waals surface area contributed by atoms with Gasteiger partial charge in [-0.05, 0) is 53.3 Å². The lowest BCUT2D eigenvalue weighted by molar-refractivity contribution is -0.119. The molecule has 0 radical (unpaired) electrons. The van der Waals surface area contributed by atoms with E-state index >= 15 is 0 Å². The lowest BCUT2D eigenvalue weighted by Gasteiger charge is -2.31. The Labute approximate surface area is 273 Å². The van der Waals surface area contributed by atoms with Crippen LogP contribution in [-0.4, -0.2) is 34.4 Å². The lowest BCUT2D eigenvalue weighted by atomic mass is 9.94. The lowest BCUT2D eigenvalue weighted by Crippen LogP contribution is -2.46. The minimum Gasteiger partial charge on any atom is -0.492 e. The van der Waals surface area contributed by atoms with E-state index in [4.69, 9.17) is 22.1 Å². The Morgan fingerprint density at radius 3 is 2.30 bits per heavy atom. The number of amides is 2. The molecule has 4 aromatic carbocycles. The van der Waals surface area contributed by atoms with Gasteiger partial charge in [0.25, 0.3) is 5.91 Å². The summed E-state index contributed by atoms with van der Waals surface area (Å²) in [4.78, 5) is 33.7. The zero-order valence-corrected chi connectivity index (χ0v) is 26.0. The molecule has 5 N–H and O–H groups in total. The van der Waals surface area contributed by atoms with Gasteiger partial charge in [-0.2, -0.15) is 0 Å². The van der Waals surface area contributed by atoms with Crippen LogP contribution in [0.2, 0.25) is 5.02 Å². The van der Waals surface area contributed by atoms with E-state index in [0.29, 0.717) is 29.4 Å². The third-order valence-corrected chi connectivity index (χ3v) is 8.54. The van der Waals surface area contributed by atoms with Crippen molar-refractivity contribution in [2.75, 3.05) is 6.61 Å². The number of ether oxygens (including phenoxy) is 1. The highest BCUT2D eigenvalue weighted by molar-refractivity contribution is 6.30. The third kappa shape index (κ3) is 7.65. The van der Waals surface area contributed by atoms with Crippen molar-refractivity contribution in [3.63, 3.8) is 0 Å². The number of carbonyl (C=O) groups is 2. The van der Waals surface area contributed by atoms with Crippen molar-refractivity contribution in [3.8, 4) is 5.75 Å². The number of H-pyrrole nitrogens is 1. The van der Waals surface area contributed by atoms with Crippen molar-refractivity contribution in [2.45, 2.75) is 43.8 Å². The van der Waals surface area contributed by atoms with Gasteiger partial charge in [0.05, 0.1) is 18.2 Å². The highest BCUT2D eigenvalue weighted by atomic mass is 35.5. The van der Waals surface area contributed by atoms with E-state index < -0.39 is 17.9 Å². The highest BCUT2D eigenvalue weighted by Gasteiger charge is 2.30. The van der Waals surface area contributed by atoms with Gasteiger partial charge in [-0.3, -0.25) is 14.9 Å². The van der Waals surface area contributed by atoms with Crippen molar-refractivity contribution >= 4 is 23.4 Å². The van der Waals surface area contributed by atoms with Gasteiger partial charge in [-0.15, -0.1) is 0 Å². The van der Waals surface area contributed by atoms with Gasteiger partial charge >= 0.3 is 0 Å². The highest BCUT2D eigenvalue weighted by Crippen LogP contribution is 2.37. The molecule has 0 saturated carbocycles. The molecule has 0 aliphatic carbocycles. The summed E-state index contributed by atoms with van der Waals surface area (Å²) in [5.74, 6) is 0.292. The average Bonchev–Trinajstić information content (AvgIpc) is 3.62. The first-order valence-electron chi connectivity index (χ1n) is 15.4. The summed E-state index contributed by atoms with van der Waals surface area (Å²) in [5, 5.41) is 7.19. The fraction of sp³-hybridized carbons (Fsp3) is 0.216. The maximum absolute atomic E-state index is 13.5. The summed E-state index contributed by atoms with van der Waals surface area (Å²) in [6.45, 7) is 0.429. The summed E-state index contributed by atoms with van der Waals surface area (Å²) >= 11 is 6.00. The SMILES string of the molecule is NC(=O)[C@H](Cc1ccc(Cl)cc1)NC(=O)c1cccc2c1OCCC2NC(Cc1ccc(Cc2ccccc2)cc1)c1ncc[nH]1. The van der Waals surface area contributed by atoms with Crippen molar-refractivity contribution in [1.82, 2.24) is 20.6 Å². The molecule has 1 aromatic heterocycles. The first kappa shape index (κ1) is 31.1. The number of aromatic amines is 1. The fourth-order valence-corrected chi connectivity index (χ4v) is 6.02. The molecule has 5 aromatic rings. The van der Waals surface area contributed by atoms with Crippen molar-refractivity contribution in [1.29, 1.82) is 0 Å². The second-order valence-electron chi connectivity index (χ2n) is 11.5. The van der Waals surface area contributed by atoms with E-state index in [0.717, 1.165) is 29.8 Å². The predicted octanol–water partition coefficient (Wildman–Crippen LogP) is 5.88. The monoisotopic (exact) mass is 633 g/mol. The number of imidazole rings is 1. The van der Waals surface area contributed by atoms with Gasteiger partial charge in [0, 0.05) is 41.9 Å². The van der Waals surface area contributed by atoms with Gasteiger partial charge in [0.15, 0.2) is 0 Å². The number of aromatic nitrogens is 2. The van der Waals surface area contributed by atoms with E-state index in [1.54, 1.807) is 24.4 Å². The molecule has 46 heavy (non-hydrogen) atoms. The summed E-state index contributed by atoms with van der Waals surface area (Å²) in [7, 11) is 0. The molecular formula is C37H36ClN5O3. The van der Waals surface area contributed by atoms with Crippen LogP contribution < -0.4 is 21.1 Å². The molecule has 0 saturated heterocycles. The molecule has 9 heteroatoms. The van der Waals surface area contributed by atoms with Gasteiger partial charge in [-0.25, -0.2) is 4.98 Å². The molecule has 3 atom stereocenters. The fourth-order valence-electron chi connectivity index (χ4n) is 5.90. The maximum atomic E-state index is 13.5. The number of nitrogens with zero attached hydrogens (tertiary/aromatic N) is 1. The Kier molecular flexibility index (Phi) is 9.76. The Bertz CT molecular complexity index is 1760. The first-order chi connectivity index (χ1) is 22.4. The zero-order chi connectivity index (χ0) is 31.9. The zero-order valence-electron chi connectivity index (χ0n) is 25.3. The second kappa shape index (κ2) is 14.5. The van der Waals surface area contributed by atoms with E-state index in [2.05, 4.69) is 69.1 Å². The number of primary amides is 1. The molecular weight excluding hydrogens is 598 g/mol. The van der Waals surface area contributed by atoms with E-state index in [-0.39, 0.29) is 18.5 Å². The molecule has 6 rings (SSSR count). The minimum atomic E-state index is -0.899. The Morgan fingerprint density at radius 1 is 0.891 bits per heavy atom. The van der Waals surface area contributed by atoms with E-state index in [1.807, 2.05) is 36.5 Å². The summed E-state index contributed by atoms with van der Waals surface area (Å²) in [6.07, 6.45) is 6.15. The molecule has 8 nitrogen and oxygen atoms in total. The minimum absolute atomic E-state index is 0.0926. The van der Waals surface area contributed by atoms with Crippen LogP contribution in [0.4, 0.5) is 0 Å². The number of benzene rings is 4. The second-order valence-corrected chi connectivity index (χ2v) is 12.0. The molecule has 0 bridgehead atoms. The topological polar surface area (TPSA) is 122 Å². The largest absolute Gasteiger partial charge is 0.492 e. The van der Waals surface area contributed by atoms with E-state index in [9.17, 15) is 9.59 Å². The predicted molar refractivity (Wildman–Crippen MR) is 179 cm³/mol. The smallest absolute Gasteiger partial charge is 0.255 e.